The summed E-state index contributed by atoms with van der Waals surface area (Å²) < 4.78 is 0. The van der Waals surface area contributed by atoms with Gasteiger partial charge in [0, 0.05) is 5.02 Å². The van der Waals surface area contributed by atoms with Crippen molar-refractivity contribution in [1.82, 2.24) is 0 Å². The molecule has 0 bridgehead atoms. The Hall–Kier alpha value is -0.470. The summed E-state index contributed by atoms with van der Waals surface area (Å²) in [6, 6.07) is 7.65. The highest BCUT2D eigenvalue weighted by Gasteiger charge is 2.23. The van der Waals surface area contributed by atoms with E-state index in [1.165, 1.54) is 25.7 Å². The Morgan fingerprint density at radius 3 is 2.60 bits per heavy atom. The molecule has 110 valence electrons. The first-order chi connectivity index (χ1) is 9.54. The van der Waals surface area contributed by atoms with Crippen molar-refractivity contribution >= 4 is 35.0 Å². The Bertz CT molecular complexity index is 462. The van der Waals surface area contributed by atoms with Crippen LogP contribution in [0.4, 0.5) is 5.69 Å². The van der Waals surface area contributed by atoms with Crippen LogP contribution in [-0.2, 0) is 0 Å². The van der Waals surface area contributed by atoms with E-state index in [2.05, 4.69) is 31.5 Å². The molecule has 1 saturated carbocycles. The molecule has 1 fully saturated rings. The second kappa shape index (κ2) is 7.51. The maximum Gasteiger partial charge on any atom is 0.0710 e. The molecule has 1 nitrogen and oxygen atoms in total. The van der Waals surface area contributed by atoms with E-state index >= 15 is 0 Å². The van der Waals surface area contributed by atoms with Crippen LogP contribution in [-0.4, -0.2) is 5.04 Å². The van der Waals surface area contributed by atoms with Crippen LogP contribution in [0.3, 0.4) is 0 Å². The Morgan fingerprint density at radius 1 is 1.30 bits per heavy atom. The normalized spacial score (nSPS) is 24.1. The third-order valence-corrected chi connectivity index (χ3v) is 4.89. The summed E-state index contributed by atoms with van der Waals surface area (Å²) in [5.41, 5.74) is 0.901. The van der Waals surface area contributed by atoms with Crippen LogP contribution >= 0.6 is 24.2 Å². The molecule has 1 aromatic rings. The molecule has 0 aromatic heterocycles. The van der Waals surface area contributed by atoms with E-state index in [4.69, 9.17) is 11.6 Å². The zero-order valence-electron chi connectivity index (χ0n) is 12.3. The third-order valence-electron chi connectivity index (χ3n) is 4.37. The molecule has 0 radical (unpaired) electrons. The second-order valence-corrected chi connectivity index (χ2v) is 7.19. The molecule has 20 heavy (non-hydrogen) atoms. The van der Waals surface area contributed by atoms with Crippen molar-refractivity contribution in [2.75, 3.05) is 0 Å². The molecule has 1 aliphatic rings. The number of hydrogen-bond acceptors (Lipinski definition) is 1. The number of rotatable bonds is 4. The lowest BCUT2D eigenvalue weighted by Crippen LogP contribution is -2.19. The molecule has 0 aliphatic heterocycles. The van der Waals surface area contributed by atoms with E-state index in [0.717, 1.165) is 39.9 Å². The molecular weight excluding hydrogens is 286 g/mol. The SMILES string of the molecule is CC(C)C1CCC(C/C(S)=N\c2cccc(Cl)c2)CC1. The average molecular weight is 310 g/mol. The maximum absolute atomic E-state index is 5.97. The van der Waals surface area contributed by atoms with Crippen LogP contribution in [0.15, 0.2) is 29.3 Å². The molecule has 0 amide bonds. The van der Waals surface area contributed by atoms with Gasteiger partial charge in [-0.25, -0.2) is 4.99 Å². The summed E-state index contributed by atoms with van der Waals surface area (Å²) in [6.07, 6.45) is 6.36. The minimum absolute atomic E-state index is 0.727. The number of benzene rings is 1. The van der Waals surface area contributed by atoms with Crippen molar-refractivity contribution in [3.63, 3.8) is 0 Å². The molecule has 0 saturated heterocycles. The number of thiol groups is 1. The summed E-state index contributed by atoms with van der Waals surface area (Å²) in [7, 11) is 0. The molecule has 0 atom stereocenters. The first-order valence-electron chi connectivity index (χ1n) is 7.56. The van der Waals surface area contributed by atoms with Crippen molar-refractivity contribution in [3.8, 4) is 0 Å². The van der Waals surface area contributed by atoms with E-state index in [9.17, 15) is 0 Å². The van der Waals surface area contributed by atoms with Crippen LogP contribution in [0.2, 0.25) is 5.02 Å². The van der Waals surface area contributed by atoms with Gasteiger partial charge >= 0.3 is 0 Å². The second-order valence-electron chi connectivity index (χ2n) is 6.24. The first-order valence-corrected chi connectivity index (χ1v) is 8.39. The molecule has 0 unspecified atom stereocenters. The highest BCUT2D eigenvalue weighted by molar-refractivity contribution is 7.97. The molecule has 3 heteroatoms. The quantitative estimate of drug-likeness (QED) is 0.389. The summed E-state index contributed by atoms with van der Waals surface area (Å²) >= 11 is 10.5. The number of hydrogen-bond donors (Lipinski definition) is 1. The minimum atomic E-state index is 0.727. The fraction of sp³-hybridized carbons (Fsp3) is 0.588. The smallest absolute Gasteiger partial charge is 0.0710 e. The van der Waals surface area contributed by atoms with E-state index in [1.54, 1.807) is 0 Å². The van der Waals surface area contributed by atoms with Gasteiger partial charge < -0.3 is 0 Å². The van der Waals surface area contributed by atoms with E-state index in [0.29, 0.717) is 0 Å². The summed E-state index contributed by atoms with van der Waals surface area (Å²) in [5, 5.41) is 1.66. The predicted molar refractivity (Wildman–Crippen MR) is 92.4 cm³/mol. The number of nitrogens with zero attached hydrogens (tertiary/aromatic N) is 1. The molecule has 0 N–H and O–H groups in total. The predicted octanol–water partition coefficient (Wildman–Crippen LogP) is 6.15. The van der Waals surface area contributed by atoms with Crippen molar-refractivity contribution in [2.45, 2.75) is 46.0 Å². The Morgan fingerprint density at radius 2 is 2.00 bits per heavy atom. The number of aliphatic imine (C=N–C) groups is 1. The minimum Gasteiger partial charge on any atom is -0.247 e. The van der Waals surface area contributed by atoms with Crippen molar-refractivity contribution in [2.24, 2.45) is 22.7 Å². The van der Waals surface area contributed by atoms with Crippen molar-refractivity contribution < 1.29 is 0 Å². The zero-order chi connectivity index (χ0) is 14.5. The lowest BCUT2D eigenvalue weighted by atomic mass is 9.76. The molecular formula is C17H24ClNS. The van der Waals surface area contributed by atoms with Gasteiger partial charge in [-0.1, -0.05) is 31.5 Å². The maximum atomic E-state index is 5.97. The molecule has 1 aliphatic carbocycles. The van der Waals surface area contributed by atoms with Gasteiger partial charge in [-0.15, -0.1) is 12.6 Å². The van der Waals surface area contributed by atoms with Crippen LogP contribution < -0.4 is 0 Å². The van der Waals surface area contributed by atoms with E-state index in [-0.39, 0.29) is 0 Å². The van der Waals surface area contributed by atoms with Gasteiger partial charge in [-0.05, 0) is 68.1 Å². The van der Waals surface area contributed by atoms with Crippen LogP contribution in [0, 0.1) is 17.8 Å². The molecule has 0 spiro atoms. The largest absolute Gasteiger partial charge is 0.247 e. The van der Waals surface area contributed by atoms with E-state index in [1.807, 2.05) is 24.3 Å². The Labute approximate surface area is 133 Å². The zero-order valence-corrected chi connectivity index (χ0v) is 14.0. The Kier molecular flexibility index (Phi) is 5.98. The standard InChI is InChI=1S/C17H24ClNS/c1-12(2)14-8-6-13(7-9-14)10-17(20)19-16-5-3-4-15(18)11-16/h3-5,11-14H,6-10H2,1-2H3,(H,19,20). The summed E-state index contributed by atoms with van der Waals surface area (Å²) in [4.78, 5) is 4.56. The molecule has 0 heterocycles. The van der Waals surface area contributed by atoms with Crippen molar-refractivity contribution in [1.29, 1.82) is 0 Å². The van der Waals surface area contributed by atoms with Crippen molar-refractivity contribution in [3.05, 3.63) is 29.3 Å². The Balaban J connectivity index is 1.88. The lowest BCUT2D eigenvalue weighted by Gasteiger charge is -2.30. The van der Waals surface area contributed by atoms with Crippen LogP contribution in [0.5, 0.6) is 0 Å². The monoisotopic (exact) mass is 309 g/mol. The summed E-state index contributed by atoms with van der Waals surface area (Å²) in [5.74, 6) is 2.49. The molecule has 1 aromatic carbocycles. The highest BCUT2D eigenvalue weighted by Crippen LogP contribution is 2.35. The van der Waals surface area contributed by atoms with Gasteiger partial charge in [0.15, 0.2) is 0 Å². The first kappa shape index (κ1) is 15.9. The van der Waals surface area contributed by atoms with E-state index < -0.39 is 0 Å². The van der Waals surface area contributed by atoms with Gasteiger partial charge in [-0.2, -0.15) is 0 Å². The molecule has 2 rings (SSSR count). The topological polar surface area (TPSA) is 12.4 Å². The lowest BCUT2D eigenvalue weighted by molar-refractivity contribution is 0.228. The van der Waals surface area contributed by atoms with Gasteiger partial charge in [-0.3, -0.25) is 0 Å². The number of halogens is 1. The third kappa shape index (κ3) is 4.82. The average Bonchev–Trinajstić information content (AvgIpc) is 2.39. The fourth-order valence-corrected chi connectivity index (χ4v) is 3.62. The summed E-state index contributed by atoms with van der Waals surface area (Å²) in [6.45, 7) is 4.69. The van der Waals surface area contributed by atoms with Gasteiger partial charge in [0.25, 0.3) is 0 Å². The fourth-order valence-electron chi connectivity index (χ4n) is 3.06. The highest BCUT2D eigenvalue weighted by atomic mass is 35.5. The van der Waals surface area contributed by atoms with Crippen LogP contribution in [0.1, 0.15) is 46.0 Å². The van der Waals surface area contributed by atoms with Gasteiger partial charge in [0.2, 0.25) is 0 Å². The van der Waals surface area contributed by atoms with Gasteiger partial charge in [0.1, 0.15) is 0 Å². The van der Waals surface area contributed by atoms with Crippen LogP contribution in [0.25, 0.3) is 0 Å². The van der Waals surface area contributed by atoms with Gasteiger partial charge in [0.05, 0.1) is 10.7 Å².